The number of carbonyl (C=O) groups is 1. The molecule has 0 fully saturated rings. The number of rotatable bonds is 5. The second kappa shape index (κ2) is 5.27. The van der Waals surface area contributed by atoms with Crippen molar-refractivity contribution in [3.63, 3.8) is 0 Å². The van der Waals surface area contributed by atoms with Gasteiger partial charge in [-0.15, -0.1) is 11.3 Å². The number of carboxylic acids is 1. The maximum atomic E-state index is 10.2. The zero-order valence-corrected chi connectivity index (χ0v) is 9.85. The minimum absolute atomic E-state index is 0.606. The Hall–Kier alpha value is -1.13. The Kier molecular flexibility index (Phi) is 3.74. The highest BCUT2D eigenvalue weighted by molar-refractivity contribution is 7.12. The SMILES string of the molecule is O=C(O)/C=C/CNCc1cc2c(s1)CCC2. The maximum Gasteiger partial charge on any atom is 0.328 e. The molecule has 3 nitrogen and oxygen atoms in total. The number of hydrogen-bond acceptors (Lipinski definition) is 3. The van der Waals surface area contributed by atoms with Crippen molar-refractivity contribution >= 4 is 17.3 Å². The van der Waals surface area contributed by atoms with Crippen LogP contribution in [0.3, 0.4) is 0 Å². The Morgan fingerprint density at radius 3 is 3.19 bits per heavy atom. The van der Waals surface area contributed by atoms with E-state index in [0.717, 1.165) is 6.54 Å². The summed E-state index contributed by atoms with van der Waals surface area (Å²) in [6, 6.07) is 2.28. The van der Waals surface area contributed by atoms with Gasteiger partial charge in [0.05, 0.1) is 0 Å². The molecule has 0 atom stereocenters. The van der Waals surface area contributed by atoms with E-state index >= 15 is 0 Å². The summed E-state index contributed by atoms with van der Waals surface area (Å²) in [5.74, 6) is -0.892. The molecule has 4 heteroatoms. The Morgan fingerprint density at radius 2 is 2.44 bits per heavy atom. The van der Waals surface area contributed by atoms with Crippen LogP contribution < -0.4 is 5.32 Å². The van der Waals surface area contributed by atoms with E-state index < -0.39 is 5.97 Å². The van der Waals surface area contributed by atoms with Gasteiger partial charge in [0.15, 0.2) is 0 Å². The third-order valence-electron chi connectivity index (χ3n) is 2.62. The van der Waals surface area contributed by atoms with E-state index in [1.54, 1.807) is 6.08 Å². The quantitative estimate of drug-likeness (QED) is 0.608. The first-order valence-electron chi connectivity index (χ1n) is 5.46. The number of carboxylic acid groups (broad SMARTS) is 1. The minimum Gasteiger partial charge on any atom is -0.478 e. The molecule has 0 radical (unpaired) electrons. The number of thiophene rings is 1. The summed E-state index contributed by atoms with van der Waals surface area (Å²) in [6.07, 6.45) is 6.56. The highest BCUT2D eigenvalue weighted by Crippen LogP contribution is 2.30. The first-order valence-corrected chi connectivity index (χ1v) is 6.28. The normalized spacial score (nSPS) is 14.5. The molecule has 16 heavy (non-hydrogen) atoms. The van der Waals surface area contributed by atoms with Gasteiger partial charge in [-0.05, 0) is 30.9 Å². The van der Waals surface area contributed by atoms with E-state index in [2.05, 4.69) is 11.4 Å². The molecule has 0 unspecified atom stereocenters. The molecule has 1 aliphatic carbocycles. The van der Waals surface area contributed by atoms with Crippen LogP contribution in [0.25, 0.3) is 0 Å². The standard InChI is InChI=1S/C12H15NO2S/c14-12(15)5-2-6-13-8-10-7-9-3-1-4-11(9)16-10/h2,5,7,13H,1,3-4,6,8H2,(H,14,15)/b5-2+. The molecule has 0 aliphatic heterocycles. The highest BCUT2D eigenvalue weighted by atomic mass is 32.1. The van der Waals surface area contributed by atoms with Gasteiger partial charge in [-0.3, -0.25) is 0 Å². The van der Waals surface area contributed by atoms with Gasteiger partial charge in [-0.2, -0.15) is 0 Å². The zero-order chi connectivity index (χ0) is 11.4. The molecule has 0 amide bonds. The fraction of sp³-hybridized carbons (Fsp3) is 0.417. The Bertz CT molecular complexity index is 388. The second-order valence-corrected chi connectivity index (χ2v) is 5.11. The molecule has 0 saturated carbocycles. The lowest BCUT2D eigenvalue weighted by Crippen LogP contribution is -2.12. The lowest BCUT2D eigenvalue weighted by molar-refractivity contribution is -0.131. The largest absolute Gasteiger partial charge is 0.478 e. The monoisotopic (exact) mass is 237 g/mol. The van der Waals surface area contributed by atoms with E-state index in [4.69, 9.17) is 5.11 Å². The first kappa shape index (κ1) is 11.4. The molecule has 1 aliphatic rings. The summed E-state index contributed by atoms with van der Waals surface area (Å²) in [6.45, 7) is 1.44. The van der Waals surface area contributed by atoms with Gasteiger partial charge in [-0.25, -0.2) is 4.79 Å². The minimum atomic E-state index is -0.892. The average molecular weight is 237 g/mol. The molecule has 0 bridgehead atoms. The lowest BCUT2D eigenvalue weighted by atomic mass is 10.2. The van der Waals surface area contributed by atoms with Crippen LogP contribution in [0.15, 0.2) is 18.2 Å². The summed E-state index contributed by atoms with van der Waals surface area (Å²) in [7, 11) is 0. The third kappa shape index (κ3) is 2.93. The number of aliphatic carboxylic acids is 1. The fourth-order valence-electron chi connectivity index (χ4n) is 1.92. The first-order chi connectivity index (χ1) is 7.75. The number of aryl methyl sites for hydroxylation is 2. The van der Waals surface area contributed by atoms with Crippen molar-refractivity contribution in [2.45, 2.75) is 25.8 Å². The molecule has 86 valence electrons. The van der Waals surface area contributed by atoms with Gasteiger partial charge in [0, 0.05) is 28.9 Å². The van der Waals surface area contributed by atoms with Crippen LogP contribution >= 0.6 is 11.3 Å². The summed E-state index contributed by atoms with van der Waals surface area (Å²) in [4.78, 5) is 13.1. The van der Waals surface area contributed by atoms with E-state index in [-0.39, 0.29) is 0 Å². The van der Waals surface area contributed by atoms with E-state index in [1.165, 1.54) is 40.7 Å². The van der Waals surface area contributed by atoms with Gasteiger partial charge in [0.1, 0.15) is 0 Å². The van der Waals surface area contributed by atoms with Gasteiger partial charge < -0.3 is 10.4 Å². The molecule has 0 aromatic carbocycles. The second-order valence-electron chi connectivity index (χ2n) is 3.89. The topological polar surface area (TPSA) is 49.3 Å². The van der Waals surface area contributed by atoms with E-state index in [0.29, 0.717) is 6.54 Å². The van der Waals surface area contributed by atoms with Crippen LogP contribution in [0.2, 0.25) is 0 Å². The van der Waals surface area contributed by atoms with Gasteiger partial charge in [0.2, 0.25) is 0 Å². The molecule has 1 heterocycles. The Balaban J connectivity index is 1.75. The number of nitrogens with one attached hydrogen (secondary N) is 1. The molecule has 0 spiro atoms. The van der Waals surface area contributed by atoms with Crippen molar-refractivity contribution in [2.75, 3.05) is 6.54 Å². The summed E-state index contributed by atoms with van der Waals surface area (Å²) < 4.78 is 0. The average Bonchev–Trinajstić information content (AvgIpc) is 2.76. The van der Waals surface area contributed by atoms with Crippen molar-refractivity contribution in [2.24, 2.45) is 0 Å². The lowest BCUT2D eigenvalue weighted by Gasteiger charge is -1.97. The molecule has 1 aromatic rings. The number of hydrogen-bond donors (Lipinski definition) is 2. The van der Waals surface area contributed by atoms with E-state index in [9.17, 15) is 4.79 Å². The molecular formula is C12H15NO2S. The predicted octanol–water partition coefficient (Wildman–Crippen LogP) is 1.97. The Morgan fingerprint density at radius 1 is 1.56 bits per heavy atom. The third-order valence-corrected chi connectivity index (χ3v) is 3.86. The van der Waals surface area contributed by atoms with Crippen molar-refractivity contribution in [3.05, 3.63) is 33.5 Å². The molecule has 2 N–H and O–H groups in total. The molecule has 1 aromatic heterocycles. The summed E-state index contributed by atoms with van der Waals surface area (Å²) in [5.41, 5.74) is 1.52. The van der Waals surface area contributed by atoms with Crippen molar-refractivity contribution in [1.29, 1.82) is 0 Å². The molecule has 0 saturated heterocycles. The van der Waals surface area contributed by atoms with Gasteiger partial charge in [-0.1, -0.05) is 6.08 Å². The van der Waals surface area contributed by atoms with Crippen LogP contribution in [0.4, 0.5) is 0 Å². The molecular weight excluding hydrogens is 222 g/mol. The predicted molar refractivity (Wildman–Crippen MR) is 64.8 cm³/mol. The summed E-state index contributed by atoms with van der Waals surface area (Å²) in [5, 5.41) is 11.6. The summed E-state index contributed by atoms with van der Waals surface area (Å²) >= 11 is 1.88. The van der Waals surface area contributed by atoms with Gasteiger partial charge in [0.25, 0.3) is 0 Å². The zero-order valence-electron chi connectivity index (χ0n) is 9.03. The van der Waals surface area contributed by atoms with Crippen LogP contribution in [-0.4, -0.2) is 17.6 Å². The van der Waals surface area contributed by atoms with Crippen molar-refractivity contribution in [1.82, 2.24) is 5.32 Å². The number of fused-ring (bicyclic) bond motifs is 1. The van der Waals surface area contributed by atoms with Crippen LogP contribution in [0.5, 0.6) is 0 Å². The Labute approximate surface area is 98.8 Å². The highest BCUT2D eigenvalue weighted by Gasteiger charge is 2.13. The van der Waals surface area contributed by atoms with Gasteiger partial charge >= 0.3 is 5.97 Å². The van der Waals surface area contributed by atoms with E-state index in [1.807, 2.05) is 11.3 Å². The fourth-order valence-corrected chi connectivity index (χ4v) is 3.15. The van der Waals surface area contributed by atoms with Crippen LogP contribution in [-0.2, 0) is 24.2 Å². The van der Waals surface area contributed by atoms with Crippen molar-refractivity contribution in [3.8, 4) is 0 Å². The van der Waals surface area contributed by atoms with Crippen LogP contribution in [0.1, 0.15) is 21.7 Å². The van der Waals surface area contributed by atoms with Crippen molar-refractivity contribution < 1.29 is 9.90 Å². The smallest absolute Gasteiger partial charge is 0.328 e. The van der Waals surface area contributed by atoms with Crippen LogP contribution in [0, 0.1) is 0 Å². The molecule has 2 rings (SSSR count). The maximum absolute atomic E-state index is 10.2.